The van der Waals surface area contributed by atoms with Crippen LogP contribution < -0.4 is 5.32 Å². The van der Waals surface area contributed by atoms with Crippen LogP contribution in [-0.4, -0.2) is 31.2 Å². The second kappa shape index (κ2) is 7.34. The molecular weight excluding hydrogens is 160 g/mol. The molecule has 1 unspecified atom stereocenters. The summed E-state index contributed by atoms with van der Waals surface area (Å²) in [5.74, 6) is 0.940. The molecule has 0 amide bonds. The van der Waals surface area contributed by atoms with E-state index in [2.05, 4.69) is 24.1 Å². The molecule has 1 aliphatic rings. The van der Waals surface area contributed by atoms with E-state index in [9.17, 15) is 0 Å². The van der Waals surface area contributed by atoms with Gasteiger partial charge < -0.3 is 5.32 Å². The van der Waals surface area contributed by atoms with E-state index in [1.54, 1.807) is 0 Å². The predicted molar refractivity (Wildman–Crippen MR) is 59.8 cm³/mol. The molecule has 0 bridgehead atoms. The van der Waals surface area contributed by atoms with E-state index in [1.807, 2.05) is 20.9 Å². The monoisotopic (exact) mass is 186 g/mol. The number of nitrogens with one attached hydrogen (secondary N) is 1. The molecule has 0 radical (unpaired) electrons. The molecule has 0 aromatic rings. The Morgan fingerprint density at radius 2 is 1.69 bits per heavy atom. The smallest absolute Gasteiger partial charge is 0.0565 e. The van der Waals surface area contributed by atoms with E-state index >= 15 is 0 Å². The zero-order valence-electron chi connectivity index (χ0n) is 9.93. The maximum absolute atomic E-state index is 3.28. The first-order valence-electron chi connectivity index (χ1n) is 5.65. The minimum Gasteiger partial charge on any atom is -0.305 e. The molecule has 2 nitrogen and oxygen atoms in total. The highest BCUT2D eigenvalue weighted by Crippen LogP contribution is 2.16. The van der Waals surface area contributed by atoms with Crippen molar-refractivity contribution in [3.63, 3.8) is 0 Å². The normalized spacial score (nSPS) is 21.9. The van der Waals surface area contributed by atoms with Gasteiger partial charge in [-0.2, -0.15) is 0 Å². The van der Waals surface area contributed by atoms with Gasteiger partial charge in [-0.15, -0.1) is 0 Å². The fourth-order valence-corrected chi connectivity index (χ4v) is 1.60. The summed E-state index contributed by atoms with van der Waals surface area (Å²) in [6.45, 7) is 11.1. The molecule has 0 spiro atoms. The summed E-state index contributed by atoms with van der Waals surface area (Å²) >= 11 is 0. The summed E-state index contributed by atoms with van der Waals surface area (Å²) in [5, 5.41) is 3.28. The van der Waals surface area contributed by atoms with Gasteiger partial charge in [-0.05, 0) is 45.8 Å². The SMILES string of the molecule is CC.CNC(C)N1CCC(C)CC1. The molecule has 80 valence electrons. The minimum absolute atomic E-state index is 0.558. The van der Waals surface area contributed by atoms with Crippen LogP contribution in [0.1, 0.15) is 40.5 Å². The van der Waals surface area contributed by atoms with Crippen molar-refractivity contribution < 1.29 is 0 Å². The van der Waals surface area contributed by atoms with Gasteiger partial charge >= 0.3 is 0 Å². The molecule has 0 saturated carbocycles. The van der Waals surface area contributed by atoms with Gasteiger partial charge in [-0.1, -0.05) is 20.8 Å². The lowest BCUT2D eigenvalue weighted by Gasteiger charge is -2.34. The van der Waals surface area contributed by atoms with Crippen LogP contribution >= 0.6 is 0 Å². The number of nitrogens with zero attached hydrogens (tertiary/aromatic N) is 1. The summed E-state index contributed by atoms with van der Waals surface area (Å²) < 4.78 is 0. The van der Waals surface area contributed by atoms with E-state index in [-0.39, 0.29) is 0 Å². The molecule has 1 heterocycles. The summed E-state index contributed by atoms with van der Waals surface area (Å²) in [4.78, 5) is 2.51. The lowest BCUT2D eigenvalue weighted by atomic mass is 9.99. The van der Waals surface area contributed by atoms with E-state index in [4.69, 9.17) is 0 Å². The van der Waals surface area contributed by atoms with Crippen molar-refractivity contribution in [1.82, 2.24) is 10.2 Å². The fraction of sp³-hybridized carbons (Fsp3) is 1.00. The zero-order chi connectivity index (χ0) is 10.3. The van der Waals surface area contributed by atoms with Crippen LogP contribution in [0.2, 0.25) is 0 Å². The van der Waals surface area contributed by atoms with Crippen molar-refractivity contribution in [2.24, 2.45) is 5.92 Å². The molecule has 1 atom stereocenters. The van der Waals surface area contributed by atoms with Gasteiger partial charge in [-0.3, -0.25) is 4.90 Å². The molecule has 0 aromatic heterocycles. The lowest BCUT2D eigenvalue weighted by Crippen LogP contribution is -2.45. The third kappa shape index (κ3) is 4.63. The van der Waals surface area contributed by atoms with Gasteiger partial charge in [0.15, 0.2) is 0 Å². The summed E-state index contributed by atoms with van der Waals surface area (Å²) in [7, 11) is 2.03. The summed E-state index contributed by atoms with van der Waals surface area (Å²) in [6, 6.07) is 0. The lowest BCUT2D eigenvalue weighted by molar-refractivity contribution is 0.131. The van der Waals surface area contributed by atoms with Gasteiger partial charge in [0.05, 0.1) is 6.17 Å². The Hall–Kier alpha value is -0.0800. The Balaban J connectivity index is 0.000000671. The van der Waals surface area contributed by atoms with Crippen LogP contribution in [0.25, 0.3) is 0 Å². The Morgan fingerprint density at radius 1 is 1.23 bits per heavy atom. The maximum Gasteiger partial charge on any atom is 0.0565 e. The Morgan fingerprint density at radius 3 is 2.08 bits per heavy atom. The van der Waals surface area contributed by atoms with Gasteiger partial charge in [0.2, 0.25) is 0 Å². The topological polar surface area (TPSA) is 15.3 Å². The molecule has 1 aliphatic heterocycles. The Bertz CT molecular complexity index is 107. The van der Waals surface area contributed by atoms with Crippen LogP contribution in [0, 0.1) is 5.92 Å². The van der Waals surface area contributed by atoms with Gasteiger partial charge in [0, 0.05) is 0 Å². The highest BCUT2D eigenvalue weighted by atomic mass is 15.3. The molecule has 1 saturated heterocycles. The van der Waals surface area contributed by atoms with Crippen molar-refractivity contribution in [3.05, 3.63) is 0 Å². The van der Waals surface area contributed by atoms with Crippen LogP contribution in [0.4, 0.5) is 0 Å². The first kappa shape index (κ1) is 12.9. The summed E-state index contributed by atoms with van der Waals surface area (Å²) in [5.41, 5.74) is 0. The third-order valence-electron chi connectivity index (χ3n) is 2.78. The quantitative estimate of drug-likeness (QED) is 0.712. The van der Waals surface area contributed by atoms with E-state index in [0.29, 0.717) is 6.17 Å². The first-order chi connectivity index (χ1) is 6.24. The fourth-order valence-electron chi connectivity index (χ4n) is 1.60. The van der Waals surface area contributed by atoms with Gasteiger partial charge in [-0.25, -0.2) is 0 Å². The highest BCUT2D eigenvalue weighted by Gasteiger charge is 2.18. The predicted octanol–water partition coefficient (Wildman–Crippen LogP) is 2.31. The van der Waals surface area contributed by atoms with Crippen molar-refractivity contribution >= 4 is 0 Å². The molecule has 0 aromatic carbocycles. The van der Waals surface area contributed by atoms with Crippen molar-refractivity contribution in [3.8, 4) is 0 Å². The summed E-state index contributed by atoms with van der Waals surface area (Å²) in [6.07, 6.45) is 3.29. The first-order valence-corrected chi connectivity index (χ1v) is 5.65. The second-order valence-electron chi connectivity index (χ2n) is 3.68. The largest absolute Gasteiger partial charge is 0.305 e. The van der Waals surface area contributed by atoms with E-state index in [0.717, 1.165) is 5.92 Å². The van der Waals surface area contributed by atoms with E-state index < -0.39 is 0 Å². The van der Waals surface area contributed by atoms with E-state index in [1.165, 1.54) is 25.9 Å². The zero-order valence-corrected chi connectivity index (χ0v) is 9.93. The Labute approximate surface area is 83.7 Å². The molecule has 1 N–H and O–H groups in total. The van der Waals surface area contributed by atoms with Crippen molar-refractivity contribution in [1.29, 1.82) is 0 Å². The van der Waals surface area contributed by atoms with Crippen LogP contribution in [0.3, 0.4) is 0 Å². The molecule has 1 fully saturated rings. The van der Waals surface area contributed by atoms with Gasteiger partial charge in [0.1, 0.15) is 0 Å². The van der Waals surface area contributed by atoms with Crippen LogP contribution in [-0.2, 0) is 0 Å². The molecule has 0 aliphatic carbocycles. The highest BCUT2D eigenvalue weighted by molar-refractivity contribution is 4.72. The van der Waals surface area contributed by atoms with Crippen LogP contribution in [0.5, 0.6) is 0 Å². The standard InChI is InChI=1S/C9H20N2.C2H6/c1-8-4-6-11(7-5-8)9(2)10-3;1-2/h8-10H,4-7H2,1-3H3;1-2H3. The van der Waals surface area contributed by atoms with Crippen LogP contribution in [0.15, 0.2) is 0 Å². The number of rotatable bonds is 2. The number of piperidine rings is 1. The molecule has 13 heavy (non-hydrogen) atoms. The number of hydrogen-bond donors (Lipinski definition) is 1. The van der Waals surface area contributed by atoms with Gasteiger partial charge in [0.25, 0.3) is 0 Å². The molecular formula is C11H26N2. The number of hydrogen-bond acceptors (Lipinski definition) is 2. The average Bonchev–Trinajstić information content (AvgIpc) is 2.21. The van der Waals surface area contributed by atoms with Crippen molar-refractivity contribution in [2.45, 2.75) is 46.7 Å². The third-order valence-corrected chi connectivity index (χ3v) is 2.78. The molecule has 1 rings (SSSR count). The van der Waals surface area contributed by atoms with Crippen molar-refractivity contribution in [2.75, 3.05) is 20.1 Å². The Kier molecular flexibility index (Phi) is 7.29. The maximum atomic E-state index is 3.28. The average molecular weight is 186 g/mol. The second-order valence-corrected chi connectivity index (χ2v) is 3.68. The number of likely N-dealkylation sites (tertiary alicyclic amines) is 1. The molecule has 2 heteroatoms. The minimum atomic E-state index is 0.558.